The van der Waals surface area contributed by atoms with Crippen LogP contribution >= 0.6 is 0 Å². The van der Waals surface area contributed by atoms with Crippen LogP contribution in [-0.2, 0) is 22.5 Å². The van der Waals surface area contributed by atoms with Crippen LogP contribution in [0.15, 0.2) is 6.07 Å². The standard InChI is InChI=1S/C15H25N3O3/c1-7-11-9-12(18(8-2)17-11)13(19)16-10(3)14(20)21-15(4,5)6/h9-10H,7-8H2,1-6H3,(H,16,19)/t10-/m0/s1. The van der Waals surface area contributed by atoms with E-state index in [4.69, 9.17) is 4.74 Å². The van der Waals surface area contributed by atoms with E-state index in [0.29, 0.717) is 12.2 Å². The van der Waals surface area contributed by atoms with Gasteiger partial charge in [-0.2, -0.15) is 5.10 Å². The van der Waals surface area contributed by atoms with Crippen LogP contribution in [0.3, 0.4) is 0 Å². The number of aryl methyl sites for hydroxylation is 2. The highest BCUT2D eigenvalue weighted by Crippen LogP contribution is 2.10. The average molecular weight is 295 g/mol. The Labute approximate surface area is 125 Å². The Bertz CT molecular complexity index is 515. The fourth-order valence-electron chi connectivity index (χ4n) is 1.79. The Morgan fingerprint density at radius 1 is 1.38 bits per heavy atom. The lowest BCUT2D eigenvalue weighted by atomic mass is 10.2. The summed E-state index contributed by atoms with van der Waals surface area (Å²) in [6.07, 6.45) is 0.759. The van der Waals surface area contributed by atoms with Gasteiger partial charge in [-0.05, 0) is 47.1 Å². The second-order valence-corrected chi connectivity index (χ2v) is 5.92. The molecule has 21 heavy (non-hydrogen) atoms. The highest BCUT2D eigenvalue weighted by molar-refractivity contribution is 5.95. The molecular weight excluding hydrogens is 270 g/mol. The highest BCUT2D eigenvalue weighted by Gasteiger charge is 2.24. The number of nitrogens with zero attached hydrogens (tertiary/aromatic N) is 2. The maximum atomic E-state index is 12.3. The summed E-state index contributed by atoms with van der Waals surface area (Å²) in [4.78, 5) is 24.1. The number of carbonyl (C=O) groups is 2. The number of hydrogen-bond donors (Lipinski definition) is 1. The third-order valence-electron chi connectivity index (χ3n) is 2.83. The van der Waals surface area contributed by atoms with Gasteiger partial charge in [0.2, 0.25) is 0 Å². The average Bonchev–Trinajstić information content (AvgIpc) is 2.79. The third kappa shape index (κ3) is 4.88. The Balaban J connectivity index is 2.76. The van der Waals surface area contributed by atoms with Crippen molar-refractivity contribution in [1.82, 2.24) is 15.1 Å². The number of nitrogens with one attached hydrogen (secondary N) is 1. The molecule has 1 amide bonds. The zero-order chi connectivity index (χ0) is 16.2. The second kappa shape index (κ2) is 6.74. The van der Waals surface area contributed by atoms with E-state index in [1.165, 1.54) is 0 Å². The molecule has 0 aliphatic rings. The topological polar surface area (TPSA) is 73.2 Å². The van der Waals surface area contributed by atoms with Gasteiger partial charge in [-0.1, -0.05) is 6.92 Å². The molecule has 1 atom stereocenters. The fourth-order valence-corrected chi connectivity index (χ4v) is 1.79. The maximum absolute atomic E-state index is 12.3. The van der Waals surface area contributed by atoms with Crippen LogP contribution in [0.25, 0.3) is 0 Å². The summed E-state index contributed by atoms with van der Waals surface area (Å²) in [6.45, 7) is 11.5. The predicted octanol–water partition coefficient (Wildman–Crippen LogP) is 1.93. The number of carbonyl (C=O) groups excluding carboxylic acids is 2. The van der Waals surface area contributed by atoms with E-state index in [1.54, 1.807) is 38.4 Å². The summed E-state index contributed by atoms with van der Waals surface area (Å²) < 4.78 is 6.88. The molecule has 0 saturated heterocycles. The van der Waals surface area contributed by atoms with Gasteiger partial charge in [0, 0.05) is 6.54 Å². The predicted molar refractivity (Wildman–Crippen MR) is 80.1 cm³/mol. The van der Waals surface area contributed by atoms with Gasteiger partial charge in [-0.15, -0.1) is 0 Å². The number of esters is 1. The van der Waals surface area contributed by atoms with Crippen molar-refractivity contribution in [3.05, 3.63) is 17.5 Å². The SMILES string of the molecule is CCc1cc(C(=O)N[C@@H](C)C(=O)OC(C)(C)C)n(CC)n1. The largest absolute Gasteiger partial charge is 0.458 e. The van der Waals surface area contributed by atoms with Crippen molar-refractivity contribution >= 4 is 11.9 Å². The van der Waals surface area contributed by atoms with Gasteiger partial charge in [0.15, 0.2) is 0 Å². The molecule has 0 saturated carbocycles. The van der Waals surface area contributed by atoms with Crippen molar-refractivity contribution in [2.24, 2.45) is 0 Å². The lowest BCUT2D eigenvalue weighted by molar-refractivity contribution is -0.156. The second-order valence-electron chi connectivity index (χ2n) is 5.92. The van der Waals surface area contributed by atoms with Crippen molar-refractivity contribution < 1.29 is 14.3 Å². The molecule has 0 aliphatic carbocycles. The van der Waals surface area contributed by atoms with Gasteiger partial charge >= 0.3 is 5.97 Å². The lowest BCUT2D eigenvalue weighted by Gasteiger charge is -2.22. The van der Waals surface area contributed by atoms with Gasteiger partial charge < -0.3 is 10.1 Å². The third-order valence-corrected chi connectivity index (χ3v) is 2.83. The van der Waals surface area contributed by atoms with Gasteiger partial charge in [-0.25, -0.2) is 4.79 Å². The molecule has 6 nitrogen and oxygen atoms in total. The minimum absolute atomic E-state index is 0.317. The van der Waals surface area contributed by atoms with Crippen LogP contribution in [0.5, 0.6) is 0 Å². The molecule has 0 unspecified atom stereocenters. The fraction of sp³-hybridized carbons (Fsp3) is 0.667. The van der Waals surface area contributed by atoms with Crippen molar-refractivity contribution in [2.45, 2.75) is 66.2 Å². The van der Waals surface area contributed by atoms with Gasteiger partial charge in [0.05, 0.1) is 5.69 Å². The molecule has 0 aliphatic heterocycles. The van der Waals surface area contributed by atoms with Crippen LogP contribution in [0.4, 0.5) is 0 Å². The number of aromatic nitrogens is 2. The number of rotatable bonds is 5. The minimum Gasteiger partial charge on any atom is -0.458 e. The van der Waals surface area contributed by atoms with E-state index >= 15 is 0 Å². The Morgan fingerprint density at radius 2 is 2.00 bits per heavy atom. The molecular formula is C15H25N3O3. The minimum atomic E-state index is -0.706. The van der Waals surface area contributed by atoms with Gasteiger partial charge in [0.25, 0.3) is 5.91 Å². The van der Waals surface area contributed by atoms with Crippen molar-refractivity contribution in [3.8, 4) is 0 Å². The molecule has 0 aromatic carbocycles. The molecule has 1 aromatic rings. The zero-order valence-electron chi connectivity index (χ0n) is 13.7. The summed E-state index contributed by atoms with van der Waals surface area (Å²) in [5, 5.41) is 6.98. The number of hydrogen-bond acceptors (Lipinski definition) is 4. The van der Waals surface area contributed by atoms with E-state index in [0.717, 1.165) is 12.1 Å². The molecule has 6 heteroatoms. The smallest absolute Gasteiger partial charge is 0.328 e. The summed E-state index contributed by atoms with van der Waals surface area (Å²) in [6, 6.07) is 1.04. The van der Waals surface area contributed by atoms with Gasteiger partial charge in [0.1, 0.15) is 17.3 Å². The van der Waals surface area contributed by atoms with Crippen LogP contribution < -0.4 is 5.32 Å². The normalized spacial score (nSPS) is 12.9. The van der Waals surface area contributed by atoms with E-state index in [2.05, 4.69) is 10.4 Å². The first-order chi connectivity index (χ1) is 9.67. The zero-order valence-corrected chi connectivity index (χ0v) is 13.7. The lowest BCUT2D eigenvalue weighted by Crippen LogP contribution is -2.42. The summed E-state index contributed by atoms with van der Waals surface area (Å²) in [7, 11) is 0. The van der Waals surface area contributed by atoms with Crippen molar-refractivity contribution in [2.75, 3.05) is 0 Å². The number of amides is 1. The monoisotopic (exact) mass is 295 g/mol. The van der Waals surface area contributed by atoms with Crippen molar-refractivity contribution in [3.63, 3.8) is 0 Å². The molecule has 0 bridgehead atoms. The number of ether oxygens (including phenoxy) is 1. The van der Waals surface area contributed by atoms with Crippen molar-refractivity contribution in [1.29, 1.82) is 0 Å². The molecule has 0 fully saturated rings. The Hall–Kier alpha value is -1.85. The Kier molecular flexibility index (Phi) is 5.52. The summed E-state index contributed by atoms with van der Waals surface area (Å²) in [5.74, 6) is -0.767. The molecule has 0 radical (unpaired) electrons. The summed E-state index contributed by atoms with van der Waals surface area (Å²) >= 11 is 0. The molecule has 118 valence electrons. The first-order valence-corrected chi connectivity index (χ1v) is 7.28. The van der Waals surface area contributed by atoms with Crippen LogP contribution in [-0.4, -0.2) is 33.3 Å². The molecule has 1 N–H and O–H groups in total. The van der Waals surface area contributed by atoms with E-state index in [-0.39, 0.29) is 5.91 Å². The van der Waals surface area contributed by atoms with Crippen LogP contribution in [0.1, 0.15) is 57.7 Å². The van der Waals surface area contributed by atoms with Gasteiger partial charge in [-0.3, -0.25) is 9.48 Å². The molecule has 1 heterocycles. The summed E-state index contributed by atoms with van der Waals surface area (Å²) in [5.41, 5.74) is 0.744. The first-order valence-electron chi connectivity index (χ1n) is 7.28. The molecule has 1 rings (SSSR count). The maximum Gasteiger partial charge on any atom is 0.328 e. The quantitative estimate of drug-likeness (QED) is 0.842. The molecule has 0 spiro atoms. The Morgan fingerprint density at radius 3 is 2.48 bits per heavy atom. The van der Waals surface area contributed by atoms with E-state index in [1.807, 2.05) is 13.8 Å². The highest BCUT2D eigenvalue weighted by atomic mass is 16.6. The van der Waals surface area contributed by atoms with E-state index < -0.39 is 17.6 Å². The van der Waals surface area contributed by atoms with E-state index in [9.17, 15) is 9.59 Å². The van der Waals surface area contributed by atoms with Crippen LogP contribution in [0.2, 0.25) is 0 Å². The van der Waals surface area contributed by atoms with Crippen LogP contribution in [0, 0.1) is 0 Å². The first kappa shape index (κ1) is 17.2. The molecule has 1 aromatic heterocycles.